The molecule has 2 rings (SSSR count). The molecule has 0 aliphatic heterocycles. The van der Waals surface area contributed by atoms with Crippen LogP contribution in [0.25, 0.3) is 0 Å². The number of nitrogens with one attached hydrogen (secondary N) is 1. The van der Waals surface area contributed by atoms with E-state index in [1.54, 1.807) is 24.3 Å². The van der Waals surface area contributed by atoms with E-state index in [-0.39, 0.29) is 19.1 Å². The maximum atomic E-state index is 12.0. The fourth-order valence-electron chi connectivity index (χ4n) is 2.26. The molecule has 6 nitrogen and oxygen atoms in total. The van der Waals surface area contributed by atoms with E-state index < -0.39 is 5.97 Å². The third-order valence-electron chi connectivity index (χ3n) is 3.92. The SMILES string of the molecule is CCOCCOC(=O)c1ccc(NC(=O)COc2ccc(C)c(C)c2)cc1. The Morgan fingerprint density at radius 3 is 2.37 bits per heavy atom. The van der Waals surface area contributed by atoms with Gasteiger partial charge in [-0.25, -0.2) is 4.79 Å². The van der Waals surface area contributed by atoms with E-state index in [0.29, 0.717) is 30.2 Å². The Labute approximate surface area is 159 Å². The monoisotopic (exact) mass is 371 g/mol. The summed E-state index contributed by atoms with van der Waals surface area (Å²) >= 11 is 0. The average molecular weight is 371 g/mol. The van der Waals surface area contributed by atoms with E-state index in [2.05, 4.69) is 5.32 Å². The summed E-state index contributed by atoms with van der Waals surface area (Å²) in [4.78, 5) is 23.9. The molecule has 0 bridgehead atoms. The van der Waals surface area contributed by atoms with Crippen LogP contribution in [0.5, 0.6) is 5.75 Å². The lowest BCUT2D eigenvalue weighted by Crippen LogP contribution is -2.20. The standard InChI is InChI=1S/C21H25NO5/c1-4-25-11-12-26-21(24)17-6-8-18(9-7-17)22-20(23)14-27-19-10-5-15(2)16(3)13-19/h5-10,13H,4,11-12,14H2,1-3H3,(H,22,23). The van der Waals surface area contributed by atoms with Crippen LogP contribution in [0.3, 0.4) is 0 Å². The maximum Gasteiger partial charge on any atom is 0.338 e. The van der Waals surface area contributed by atoms with E-state index in [9.17, 15) is 9.59 Å². The summed E-state index contributed by atoms with van der Waals surface area (Å²) in [5, 5.41) is 2.73. The molecular weight excluding hydrogens is 346 g/mol. The number of benzene rings is 2. The van der Waals surface area contributed by atoms with Gasteiger partial charge in [0.2, 0.25) is 0 Å². The van der Waals surface area contributed by atoms with Gasteiger partial charge in [0.25, 0.3) is 5.91 Å². The fraction of sp³-hybridized carbons (Fsp3) is 0.333. The molecule has 1 amide bonds. The number of hydrogen-bond donors (Lipinski definition) is 1. The van der Waals surface area contributed by atoms with Gasteiger partial charge >= 0.3 is 5.97 Å². The Morgan fingerprint density at radius 2 is 1.70 bits per heavy atom. The summed E-state index contributed by atoms with van der Waals surface area (Å²) in [6.45, 7) is 6.96. The van der Waals surface area contributed by atoms with Crippen LogP contribution in [-0.4, -0.2) is 38.3 Å². The van der Waals surface area contributed by atoms with Gasteiger partial charge in [-0.15, -0.1) is 0 Å². The predicted octanol–water partition coefficient (Wildman–Crippen LogP) is 3.51. The van der Waals surface area contributed by atoms with Gasteiger partial charge in [0, 0.05) is 12.3 Å². The molecule has 0 fully saturated rings. The zero-order chi connectivity index (χ0) is 19.6. The van der Waals surface area contributed by atoms with E-state index in [1.807, 2.05) is 39.0 Å². The van der Waals surface area contributed by atoms with Crippen molar-refractivity contribution in [2.75, 3.05) is 31.7 Å². The Balaban J connectivity index is 1.80. The third kappa shape index (κ3) is 6.75. The molecule has 27 heavy (non-hydrogen) atoms. The zero-order valence-electron chi connectivity index (χ0n) is 15.9. The molecule has 0 aromatic heterocycles. The number of carbonyl (C=O) groups is 2. The first kappa shape index (κ1) is 20.5. The van der Waals surface area contributed by atoms with Crippen molar-refractivity contribution < 1.29 is 23.8 Å². The Kier molecular flexibility index (Phi) is 7.82. The number of esters is 1. The van der Waals surface area contributed by atoms with E-state index in [1.165, 1.54) is 5.56 Å². The summed E-state index contributed by atoms with van der Waals surface area (Å²) in [6, 6.07) is 12.2. The lowest BCUT2D eigenvalue weighted by molar-refractivity contribution is -0.118. The smallest absolute Gasteiger partial charge is 0.338 e. The van der Waals surface area contributed by atoms with Gasteiger partial charge in [0.1, 0.15) is 12.4 Å². The maximum absolute atomic E-state index is 12.0. The summed E-state index contributed by atoms with van der Waals surface area (Å²) < 4.78 is 15.7. The molecule has 6 heteroatoms. The average Bonchev–Trinajstić information content (AvgIpc) is 2.66. The summed E-state index contributed by atoms with van der Waals surface area (Å²) in [5.74, 6) is -0.0516. The lowest BCUT2D eigenvalue weighted by Gasteiger charge is -2.09. The highest BCUT2D eigenvalue weighted by Crippen LogP contribution is 2.16. The molecule has 0 saturated carbocycles. The van der Waals surface area contributed by atoms with Crippen LogP contribution in [0.1, 0.15) is 28.4 Å². The first-order valence-corrected chi connectivity index (χ1v) is 8.84. The van der Waals surface area contributed by atoms with Gasteiger partial charge in [0.05, 0.1) is 12.2 Å². The number of rotatable bonds is 9. The first-order valence-electron chi connectivity index (χ1n) is 8.84. The number of anilines is 1. The molecule has 0 aliphatic carbocycles. The van der Waals surface area contributed by atoms with E-state index in [4.69, 9.17) is 14.2 Å². The third-order valence-corrected chi connectivity index (χ3v) is 3.92. The molecule has 2 aromatic carbocycles. The van der Waals surface area contributed by atoms with Crippen LogP contribution in [0.4, 0.5) is 5.69 Å². The number of ether oxygens (including phenoxy) is 3. The first-order chi connectivity index (χ1) is 13.0. The van der Waals surface area contributed by atoms with Crippen LogP contribution in [0.15, 0.2) is 42.5 Å². The molecule has 1 N–H and O–H groups in total. The lowest BCUT2D eigenvalue weighted by atomic mass is 10.1. The number of aryl methyl sites for hydroxylation is 2. The molecular formula is C21H25NO5. The molecule has 0 spiro atoms. The van der Waals surface area contributed by atoms with Crippen LogP contribution in [-0.2, 0) is 14.3 Å². The summed E-state index contributed by atoms with van der Waals surface area (Å²) in [6.07, 6.45) is 0. The van der Waals surface area contributed by atoms with Crippen molar-refractivity contribution in [3.8, 4) is 5.75 Å². The van der Waals surface area contributed by atoms with Gasteiger partial charge in [-0.1, -0.05) is 6.07 Å². The molecule has 0 aliphatic rings. The van der Waals surface area contributed by atoms with Crippen molar-refractivity contribution in [2.24, 2.45) is 0 Å². The molecule has 0 heterocycles. The fourth-order valence-corrected chi connectivity index (χ4v) is 2.26. The largest absolute Gasteiger partial charge is 0.484 e. The second-order valence-corrected chi connectivity index (χ2v) is 5.99. The van der Waals surface area contributed by atoms with Crippen LogP contribution < -0.4 is 10.1 Å². The van der Waals surface area contributed by atoms with Crippen molar-refractivity contribution in [2.45, 2.75) is 20.8 Å². The van der Waals surface area contributed by atoms with Gasteiger partial charge in [-0.05, 0) is 68.3 Å². The van der Waals surface area contributed by atoms with Crippen molar-refractivity contribution >= 4 is 17.6 Å². The van der Waals surface area contributed by atoms with Crippen LogP contribution in [0.2, 0.25) is 0 Å². The number of hydrogen-bond acceptors (Lipinski definition) is 5. The molecule has 0 saturated heterocycles. The number of amides is 1. The number of carbonyl (C=O) groups excluding carboxylic acids is 2. The van der Waals surface area contributed by atoms with Crippen LogP contribution >= 0.6 is 0 Å². The molecule has 0 atom stereocenters. The minimum atomic E-state index is -0.425. The predicted molar refractivity (Wildman–Crippen MR) is 103 cm³/mol. The Bertz CT molecular complexity index is 771. The second kappa shape index (κ2) is 10.3. The highest BCUT2D eigenvalue weighted by atomic mass is 16.6. The quantitative estimate of drug-likeness (QED) is 0.539. The highest BCUT2D eigenvalue weighted by molar-refractivity contribution is 5.93. The van der Waals surface area contributed by atoms with Gasteiger partial charge in [-0.3, -0.25) is 4.79 Å². The normalized spacial score (nSPS) is 10.3. The van der Waals surface area contributed by atoms with Gasteiger partial charge in [-0.2, -0.15) is 0 Å². The molecule has 144 valence electrons. The Hall–Kier alpha value is -2.86. The van der Waals surface area contributed by atoms with E-state index in [0.717, 1.165) is 5.56 Å². The van der Waals surface area contributed by atoms with Crippen molar-refractivity contribution in [3.63, 3.8) is 0 Å². The van der Waals surface area contributed by atoms with Crippen molar-refractivity contribution in [3.05, 3.63) is 59.2 Å². The van der Waals surface area contributed by atoms with Crippen molar-refractivity contribution in [1.82, 2.24) is 0 Å². The van der Waals surface area contributed by atoms with Crippen LogP contribution in [0, 0.1) is 13.8 Å². The van der Waals surface area contributed by atoms with Gasteiger partial charge in [0.15, 0.2) is 6.61 Å². The molecule has 0 unspecified atom stereocenters. The molecule has 0 radical (unpaired) electrons. The minimum Gasteiger partial charge on any atom is -0.484 e. The second-order valence-electron chi connectivity index (χ2n) is 5.99. The summed E-state index contributed by atoms with van der Waals surface area (Å²) in [7, 11) is 0. The zero-order valence-corrected chi connectivity index (χ0v) is 15.9. The van der Waals surface area contributed by atoms with Gasteiger partial charge < -0.3 is 19.5 Å². The summed E-state index contributed by atoms with van der Waals surface area (Å²) in [5.41, 5.74) is 3.27. The molecule has 2 aromatic rings. The van der Waals surface area contributed by atoms with E-state index >= 15 is 0 Å². The van der Waals surface area contributed by atoms with Crippen molar-refractivity contribution in [1.29, 1.82) is 0 Å². The highest BCUT2D eigenvalue weighted by Gasteiger charge is 2.08. The Morgan fingerprint density at radius 1 is 0.963 bits per heavy atom. The minimum absolute atomic E-state index is 0.0935. The topological polar surface area (TPSA) is 73.9 Å².